The number of carboxylic acid groups (broad SMARTS) is 1. The first-order valence-corrected chi connectivity index (χ1v) is 10.3. The number of aromatic nitrogens is 2. The van der Waals surface area contributed by atoms with Crippen molar-refractivity contribution in [2.24, 2.45) is 0 Å². The number of ether oxygens (including phenoxy) is 1. The SMILES string of the molecule is O=C(O)c1cccc(Oc2nc3cc(-c4ccc(-c5ccccc5)cc4)c(Cl)cc3[nH]2)c1. The molecule has 0 aliphatic heterocycles. The Morgan fingerprint density at radius 3 is 2.31 bits per heavy atom. The van der Waals surface area contributed by atoms with Crippen LogP contribution in [0.15, 0.2) is 91.0 Å². The third-order valence-electron chi connectivity index (χ3n) is 5.15. The molecule has 0 atom stereocenters. The lowest BCUT2D eigenvalue weighted by Gasteiger charge is -2.07. The highest BCUT2D eigenvalue weighted by molar-refractivity contribution is 6.34. The first kappa shape index (κ1) is 19.8. The molecule has 0 fully saturated rings. The molecular formula is C26H17ClN2O3. The van der Waals surface area contributed by atoms with E-state index in [1.807, 2.05) is 42.5 Å². The lowest BCUT2D eigenvalue weighted by Crippen LogP contribution is -1.96. The number of nitrogens with zero attached hydrogens (tertiary/aromatic N) is 1. The van der Waals surface area contributed by atoms with Gasteiger partial charge in [-0.15, -0.1) is 0 Å². The molecule has 0 bridgehead atoms. The number of aromatic carboxylic acids is 1. The Bertz CT molecular complexity index is 1430. The molecule has 5 nitrogen and oxygen atoms in total. The predicted molar refractivity (Wildman–Crippen MR) is 125 cm³/mol. The van der Waals surface area contributed by atoms with Crippen molar-refractivity contribution in [3.05, 3.63) is 102 Å². The van der Waals surface area contributed by atoms with Crippen LogP contribution in [0.3, 0.4) is 0 Å². The van der Waals surface area contributed by atoms with Crippen molar-refractivity contribution >= 4 is 28.6 Å². The van der Waals surface area contributed by atoms with Crippen LogP contribution in [0.25, 0.3) is 33.3 Å². The molecule has 0 aliphatic carbocycles. The van der Waals surface area contributed by atoms with E-state index in [2.05, 4.69) is 34.2 Å². The van der Waals surface area contributed by atoms with Gasteiger partial charge >= 0.3 is 5.97 Å². The minimum atomic E-state index is -1.02. The molecule has 0 saturated heterocycles. The highest BCUT2D eigenvalue weighted by Crippen LogP contribution is 2.34. The van der Waals surface area contributed by atoms with Gasteiger partial charge in [0.1, 0.15) is 5.75 Å². The smallest absolute Gasteiger partial charge is 0.335 e. The molecule has 6 heteroatoms. The Hall–Kier alpha value is -4.09. The lowest BCUT2D eigenvalue weighted by molar-refractivity contribution is 0.0696. The first-order chi connectivity index (χ1) is 15.6. The van der Waals surface area contributed by atoms with Crippen LogP contribution in [0, 0.1) is 0 Å². The van der Waals surface area contributed by atoms with E-state index in [0.717, 1.165) is 27.8 Å². The highest BCUT2D eigenvalue weighted by Gasteiger charge is 2.12. The zero-order chi connectivity index (χ0) is 22.1. The molecule has 4 aromatic carbocycles. The van der Waals surface area contributed by atoms with Crippen molar-refractivity contribution in [2.75, 3.05) is 0 Å². The number of benzene rings is 4. The third kappa shape index (κ3) is 3.94. The van der Waals surface area contributed by atoms with Gasteiger partial charge in [-0.3, -0.25) is 0 Å². The standard InChI is InChI=1S/C26H17ClN2O3/c27-22-15-24-23(28-26(29-24)32-20-8-4-7-19(13-20)25(30)31)14-21(22)18-11-9-17(10-12-18)16-5-2-1-3-6-16/h1-15H,(H,28,29)(H,30,31). The molecular weight excluding hydrogens is 424 g/mol. The maximum absolute atomic E-state index is 11.2. The Morgan fingerprint density at radius 1 is 0.844 bits per heavy atom. The van der Waals surface area contributed by atoms with Gasteiger partial charge in [0.2, 0.25) is 0 Å². The molecule has 0 unspecified atom stereocenters. The number of hydrogen-bond donors (Lipinski definition) is 2. The van der Waals surface area contributed by atoms with E-state index in [1.54, 1.807) is 12.1 Å². The predicted octanol–water partition coefficient (Wildman–Crippen LogP) is 7.04. The van der Waals surface area contributed by atoms with E-state index >= 15 is 0 Å². The van der Waals surface area contributed by atoms with Crippen LogP contribution in [-0.2, 0) is 0 Å². The zero-order valence-electron chi connectivity index (χ0n) is 16.7. The van der Waals surface area contributed by atoms with Gasteiger partial charge < -0.3 is 14.8 Å². The van der Waals surface area contributed by atoms with Crippen LogP contribution in [-0.4, -0.2) is 21.0 Å². The summed E-state index contributed by atoms with van der Waals surface area (Å²) in [6.07, 6.45) is 0. The average molecular weight is 441 g/mol. The number of aromatic amines is 1. The normalized spacial score (nSPS) is 10.9. The quantitative estimate of drug-likeness (QED) is 0.307. The molecule has 156 valence electrons. The number of halogens is 1. The van der Waals surface area contributed by atoms with Crippen LogP contribution in [0.5, 0.6) is 11.8 Å². The number of carboxylic acids is 1. The molecule has 0 radical (unpaired) electrons. The maximum atomic E-state index is 11.2. The van der Waals surface area contributed by atoms with Crippen LogP contribution in [0.2, 0.25) is 5.02 Å². The van der Waals surface area contributed by atoms with Gasteiger partial charge in [-0.2, -0.15) is 4.98 Å². The highest BCUT2D eigenvalue weighted by atomic mass is 35.5. The molecule has 5 aromatic rings. The largest absolute Gasteiger partial charge is 0.478 e. The van der Waals surface area contributed by atoms with E-state index < -0.39 is 5.97 Å². The summed E-state index contributed by atoms with van der Waals surface area (Å²) in [6, 6.07) is 28.6. The first-order valence-electron chi connectivity index (χ1n) is 9.93. The number of imidazole rings is 1. The molecule has 1 aromatic heterocycles. The summed E-state index contributed by atoms with van der Waals surface area (Å²) in [7, 11) is 0. The van der Waals surface area contributed by atoms with Gasteiger partial charge in [-0.05, 0) is 47.0 Å². The number of H-pyrrole nitrogens is 1. The summed E-state index contributed by atoms with van der Waals surface area (Å²) < 4.78 is 5.73. The van der Waals surface area contributed by atoms with E-state index in [0.29, 0.717) is 16.3 Å². The van der Waals surface area contributed by atoms with Crippen LogP contribution < -0.4 is 4.74 Å². The summed E-state index contributed by atoms with van der Waals surface area (Å²) in [5.74, 6) is -0.637. The van der Waals surface area contributed by atoms with Crippen LogP contribution in [0.1, 0.15) is 10.4 Å². The van der Waals surface area contributed by atoms with E-state index in [-0.39, 0.29) is 11.6 Å². The summed E-state index contributed by atoms with van der Waals surface area (Å²) in [5.41, 5.74) is 5.70. The molecule has 1 heterocycles. The minimum absolute atomic E-state index is 0.142. The van der Waals surface area contributed by atoms with Gasteiger partial charge in [-0.25, -0.2) is 4.79 Å². The van der Waals surface area contributed by atoms with Gasteiger partial charge in [0, 0.05) is 5.56 Å². The third-order valence-corrected chi connectivity index (χ3v) is 5.46. The fourth-order valence-electron chi connectivity index (χ4n) is 3.55. The minimum Gasteiger partial charge on any atom is -0.478 e. The topological polar surface area (TPSA) is 75.2 Å². The zero-order valence-corrected chi connectivity index (χ0v) is 17.5. The van der Waals surface area contributed by atoms with Crippen molar-refractivity contribution in [2.45, 2.75) is 0 Å². The maximum Gasteiger partial charge on any atom is 0.335 e. The number of nitrogens with one attached hydrogen (secondary N) is 1. The van der Waals surface area contributed by atoms with Crippen LogP contribution >= 0.6 is 11.6 Å². The summed E-state index contributed by atoms with van der Waals surface area (Å²) in [4.78, 5) is 18.7. The lowest BCUT2D eigenvalue weighted by atomic mass is 10.00. The molecule has 0 saturated carbocycles. The van der Waals surface area contributed by atoms with Crippen molar-refractivity contribution in [1.82, 2.24) is 9.97 Å². The Balaban J connectivity index is 1.45. The number of fused-ring (bicyclic) bond motifs is 1. The second-order valence-corrected chi connectivity index (χ2v) is 7.68. The van der Waals surface area contributed by atoms with Crippen molar-refractivity contribution in [1.29, 1.82) is 0 Å². The average Bonchev–Trinajstić information content (AvgIpc) is 3.20. The van der Waals surface area contributed by atoms with E-state index in [9.17, 15) is 4.79 Å². The Morgan fingerprint density at radius 2 is 1.56 bits per heavy atom. The number of rotatable bonds is 5. The van der Waals surface area contributed by atoms with Crippen molar-refractivity contribution < 1.29 is 14.6 Å². The molecule has 0 spiro atoms. The Labute approximate surface area is 188 Å². The van der Waals surface area contributed by atoms with Crippen molar-refractivity contribution in [3.63, 3.8) is 0 Å². The summed E-state index contributed by atoms with van der Waals surface area (Å²) >= 11 is 6.57. The molecule has 0 amide bonds. The second-order valence-electron chi connectivity index (χ2n) is 7.27. The summed E-state index contributed by atoms with van der Waals surface area (Å²) in [5, 5.41) is 9.74. The molecule has 32 heavy (non-hydrogen) atoms. The fraction of sp³-hybridized carbons (Fsp3) is 0. The second kappa shape index (κ2) is 8.21. The number of hydrogen-bond acceptors (Lipinski definition) is 3. The van der Waals surface area contributed by atoms with E-state index in [4.69, 9.17) is 21.4 Å². The molecule has 0 aliphatic rings. The van der Waals surface area contributed by atoms with Gasteiger partial charge in [0.25, 0.3) is 6.01 Å². The van der Waals surface area contributed by atoms with Gasteiger partial charge in [0.05, 0.1) is 21.6 Å². The number of carbonyl (C=O) groups is 1. The van der Waals surface area contributed by atoms with E-state index in [1.165, 1.54) is 12.1 Å². The van der Waals surface area contributed by atoms with Crippen LogP contribution in [0.4, 0.5) is 0 Å². The molecule has 5 rings (SSSR count). The molecule has 2 N–H and O–H groups in total. The monoisotopic (exact) mass is 440 g/mol. The van der Waals surface area contributed by atoms with Crippen molar-refractivity contribution in [3.8, 4) is 34.0 Å². The summed E-state index contributed by atoms with van der Waals surface area (Å²) in [6.45, 7) is 0. The Kier molecular flexibility index (Phi) is 5.09. The van der Waals surface area contributed by atoms with Gasteiger partial charge in [0.15, 0.2) is 0 Å². The van der Waals surface area contributed by atoms with Gasteiger partial charge in [-0.1, -0.05) is 72.3 Å². The fourth-order valence-corrected chi connectivity index (χ4v) is 3.83.